The molecule has 0 radical (unpaired) electrons. The molecule has 138 valence electrons. The molecule has 0 aliphatic carbocycles. The normalized spacial score (nSPS) is 11.1. The largest absolute Gasteiger partial charge is 0.466 e. The number of nitro benzene ring substituents is 1. The summed E-state index contributed by atoms with van der Waals surface area (Å²) in [5.74, 6) is 1.54. The number of hydrogen-bond donors (Lipinski definition) is 1. The van der Waals surface area contributed by atoms with E-state index in [9.17, 15) is 14.9 Å². The highest BCUT2D eigenvalue weighted by Gasteiger charge is 2.14. The number of carbonyl (C=O) groups is 1. The molecule has 2 aromatic heterocycles. The molecule has 27 heavy (non-hydrogen) atoms. The van der Waals surface area contributed by atoms with Crippen LogP contribution in [0.2, 0.25) is 5.02 Å². The summed E-state index contributed by atoms with van der Waals surface area (Å²) in [6.45, 7) is 3.44. The van der Waals surface area contributed by atoms with Gasteiger partial charge in [0.15, 0.2) is 0 Å². The molecule has 0 saturated carbocycles. The second kappa shape index (κ2) is 7.46. The van der Waals surface area contributed by atoms with Crippen LogP contribution < -0.4 is 5.43 Å². The third kappa shape index (κ3) is 4.06. The molecule has 0 fully saturated rings. The number of carbonyl (C=O) groups excluding carboxylic acids is 1. The van der Waals surface area contributed by atoms with Gasteiger partial charge in [-0.15, -0.1) is 0 Å². The minimum atomic E-state index is -0.526. The minimum Gasteiger partial charge on any atom is -0.466 e. The molecule has 1 amide bonds. The lowest BCUT2D eigenvalue weighted by atomic mass is 10.1. The zero-order valence-corrected chi connectivity index (χ0v) is 15.1. The van der Waals surface area contributed by atoms with E-state index in [1.807, 2.05) is 0 Å². The van der Waals surface area contributed by atoms with Crippen molar-refractivity contribution < 1.29 is 18.6 Å². The SMILES string of the molecule is Cc1cc(C(=O)N/N=C\c2ccc(-c3ccc([N+](=O)[O-])cc3Cl)o2)c(C)o1. The van der Waals surface area contributed by atoms with Crippen molar-refractivity contribution in [3.63, 3.8) is 0 Å². The summed E-state index contributed by atoms with van der Waals surface area (Å²) >= 11 is 6.08. The van der Waals surface area contributed by atoms with Crippen LogP contribution in [-0.2, 0) is 0 Å². The van der Waals surface area contributed by atoms with Crippen molar-refractivity contribution in [3.05, 3.63) is 74.4 Å². The number of amides is 1. The molecule has 1 N–H and O–H groups in total. The van der Waals surface area contributed by atoms with E-state index < -0.39 is 10.8 Å². The fraction of sp³-hybridized carbons (Fsp3) is 0.111. The summed E-state index contributed by atoms with van der Waals surface area (Å²) in [6, 6.07) is 9.01. The lowest BCUT2D eigenvalue weighted by molar-refractivity contribution is -0.384. The van der Waals surface area contributed by atoms with Gasteiger partial charge in [0.05, 0.1) is 21.7 Å². The van der Waals surface area contributed by atoms with Gasteiger partial charge in [-0.2, -0.15) is 5.10 Å². The summed E-state index contributed by atoms with van der Waals surface area (Å²) in [7, 11) is 0. The van der Waals surface area contributed by atoms with Gasteiger partial charge in [-0.25, -0.2) is 5.43 Å². The zero-order valence-electron chi connectivity index (χ0n) is 14.4. The Labute approximate surface area is 158 Å². The number of nitrogens with zero attached hydrogens (tertiary/aromatic N) is 2. The molecule has 8 nitrogen and oxygen atoms in total. The average Bonchev–Trinajstić information content (AvgIpc) is 3.20. The predicted molar refractivity (Wildman–Crippen MR) is 99.1 cm³/mol. The van der Waals surface area contributed by atoms with Crippen LogP contribution in [0.4, 0.5) is 5.69 Å². The Morgan fingerprint density at radius 1 is 1.22 bits per heavy atom. The highest BCUT2D eigenvalue weighted by Crippen LogP contribution is 2.32. The van der Waals surface area contributed by atoms with E-state index in [0.29, 0.717) is 34.2 Å². The van der Waals surface area contributed by atoms with Crippen LogP contribution in [0, 0.1) is 24.0 Å². The van der Waals surface area contributed by atoms with Crippen LogP contribution in [0.5, 0.6) is 0 Å². The lowest BCUT2D eigenvalue weighted by Gasteiger charge is -2.00. The summed E-state index contributed by atoms with van der Waals surface area (Å²) in [5, 5.41) is 14.8. The molecule has 0 bridgehead atoms. The maximum atomic E-state index is 12.0. The van der Waals surface area contributed by atoms with E-state index in [0.717, 1.165) is 0 Å². The summed E-state index contributed by atoms with van der Waals surface area (Å²) in [6.07, 6.45) is 1.34. The van der Waals surface area contributed by atoms with Gasteiger partial charge >= 0.3 is 0 Å². The van der Waals surface area contributed by atoms with E-state index in [2.05, 4.69) is 10.5 Å². The maximum absolute atomic E-state index is 12.0. The number of benzene rings is 1. The number of non-ortho nitro benzene ring substituents is 1. The van der Waals surface area contributed by atoms with Crippen LogP contribution in [0.15, 0.2) is 50.3 Å². The molecule has 0 spiro atoms. The van der Waals surface area contributed by atoms with E-state index in [4.69, 9.17) is 20.4 Å². The van der Waals surface area contributed by atoms with Crippen molar-refractivity contribution in [2.45, 2.75) is 13.8 Å². The van der Waals surface area contributed by atoms with Gasteiger partial charge in [0.25, 0.3) is 11.6 Å². The molecular weight excluding hydrogens is 374 g/mol. The average molecular weight is 388 g/mol. The summed E-state index contributed by atoms with van der Waals surface area (Å²) in [4.78, 5) is 22.3. The number of halogens is 1. The molecule has 2 heterocycles. The summed E-state index contributed by atoms with van der Waals surface area (Å²) in [5.41, 5.74) is 3.20. The molecule has 3 rings (SSSR count). The molecule has 0 atom stereocenters. The fourth-order valence-electron chi connectivity index (χ4n) is 2.46. The van der Waals surface area contributed by atoms with Crippen LogP contribution in [0.1, 0.15) is 27.6 Å². The first-order valence-electron chi connectivity index (χ1n) is 7.79. The molecule has 3 aromatic rings. The van der Waals surface area contributed by atoms with Gasteiger partial charge in [0.2, 0.25) is 0 Å². The monoisotopic (exact) mass is 387 g/mol. The number of hydrogen-bond acceptors (Lipinski definition) is 6. The van der Waals surface area contributed by atoms with Crippen molar-refractivity contribution in [2.24, 2.45) is 5.10 Å². The molecule has 0 aliphatic heterocycles. The number of aryl methyl sites for hydroxylation is 2. The van der Waals surface area contributed by atoms with Crippen molar-refractivity contribution in [3.8, 4) is 11.3 Å². The molecular formula is C18H14ClN3O5. The smallest absolute Gasteiger partial charge is 0.274 e. The fourth-order valence-corrected chi connectivity index (χ4v) is 2.72. The number of nitro groups is 1. The molecule has 9 heteroatoms. The van der Waals surface area contributed by atoms with E-state index in [1.165, 1.54) is 24.4 Å². The first kappa shape index (κ1) is 18.4. The Morgan fingerprint density at radius 3 is 2.63 bits per heavy atom. The second-order valence-corrected chi connectivity index (χ2v) is 6.06. The Hall–Kier alpha value is -3.39. The van der Waals surface area contributed by atoms with Gasteiger partial charge in [-0.3, -0.25) is 14.9 Å². The summed E-state index contributed by atoms with van der Waals surface area (Å²) < 4.78 is 10.9. The highest BCUT2D eigenvalue weighted by atomic mass is 35.5. The third-order valence-corrected chi connectivity index (χ3v) is 4.01. The topological polar surface area (TPSA) is 111 Å². The van der Waals surface area contributed by atoms with Gasteiger partial charge in [0, 0.05) is 17.7 Å². The van der Waals surface area contributed by atoms with Crippen LogP contribution >= 0.6 is 11.6 Å². The van der Waals surface area contributed by atoms with E-state index in [-0.39, 0.29) is 10.7 Å². The Balaban J connectivity index is 1.71. The zero-order chi connectivity index (χ0) is 19.6. The van der Waals surface area contributed by atoms with Gasteiger partial charge in [0.1, 0.15) is 23.0 Å². The Kier molecular flexibility index (Phi) is 5.09. The van der Waals surface area contributed by atoms with Crippen LogP contribution in [-0.4, -0.2) is 17.0 Å². The van der Waals surface area contributed by atoms with E-state index >= 15 is 0 Å². The number of furan rings is 2. The van der Waals surface area contributed by atoms with Crippen molar-refractivity contribution >= 4 is 29.4 Å². The second-order valence-electron chi connectivity index (χ2n) is 5.65. The molecule has 0 aliphatic rings. The van der Waals surface area contributed by atoms with Crippen molar-refractivity contribution in [1.29, 1.82) is 0 Å². The van der Waals surface area contributed by atoms with Gasteiger partial charge in [-0.1, -0.05) is 11.6 Å². The van der Waals surface area contributed by atoms with Crippen LogP contribution in [0.25, 0.3) is 11.3 Å². The number of rotatable bonds is 5. The Morgan fingerprint density at radius 2 is 2.00 bits per heavy atom. The standard InChI is InChI=1S/C18H14ClN3O5/c1-10-7-15(11(2)26-10)18(23)21-20-9-13-4-6-17(27-13)14-5-3-12(22(24)25)8-16(14)19/h3-9H,1-2H3,(H,21,23)/b20-9-. The number of nitrogens with one attached hydrogen (secondary N) is 1. The predicted octanol–water partition coefficient (Wildman–Crippen LogP) is 4.48. The maximum Gasteiger partial charge on any atom is 0.274 e. The lowest BCUT2D eigenvalue weighted by Crippen LogP contribution is -2.17. The molecule has 0 saturated heterocycles. The first-order valence-corrected chi connectivity index (χ1v) is 8.17. The molecule has 0 unspecified atom stereocenters. The van der Waals surface area contributed by atoms with Gasteiger partial charge < -0.3 is 8.83 Å². The minimum absolute atomic E-state index is 0.107. The van der Waals surface area contributed by atoms with Crippen molar-refractivity contribution in [1.82, 2.24) is 5.43 Å². The quantitative estimate of drug-likeness (QED) is 0.394. The third-order valence-electron chi connectivity index (χ3n) is 3.70. The number of hydrazone groups is 1. The highest BCUT2D eigenvalue weighted by molar-refractivity contribution is 6.33. The molecule has 1 aromatic carbocycles. The van der Waals surface area contributed by atoms with Gasteiger partial charge in [-0.05, 0) is 38.1 Å². The van der Waals surface area contributed by atoms with Crippen LogP contribution in [0.3, 0.4) is 0 Å². The Bertz CT molecular complexity index is 1050. The van der Waals surface area contributed by atoms with Crippen molar-refractivity contribution in [2.75, 3.05) is 0 Å². The first-order chi connectivity index (χ1) is 12.8. The van der Waals surface area contributed by atoms with E-state index in [1.54, 1.807) is 32.0 Å².